The van der Waals surface area contributed by atoms with E-state index in [0.717, 1.165) is 15.2 Å². The molecule has 8 heteroatoms. The Labute approximate surface area is 146 Å². The summed E-state index contributed by atoms with van der Waals surface area (Å²) in [5.41, 5.74) is 2.12. The fourth-order valence-corrected chi connectivity index (χ4v) is 2.91. The summed E-state index contributed by atoms with van der Waals surface area (Å²) in [6, 6.07) is 8.27. The number of nitrogens with zero attached hydrogens (tertiary/aromatic N) is 4. The smallest absolute Gasteiger partial charge is 0.184 e. The van der Waals surface area contributed by atoms with Crippen molar-refractivity contribution in [2.24, 2.45) is 10.4 Å². The molecule has 1 aliphatic rings. The molecule has 0 spiro atoms. The maximum Gasteiger partial charge on any atom is 0.184 e. The van der Waals surface area contributed by atoms with Crippen LogP contribution in [-0.2, 0) is 0 Å². The minimum absolute atomic E-state index is 0.0450. The Hall–Kier alpha value is -1.97. The number of hydrogen-bond donors (Lipinski definition) is 1. The van der Waals surface area contributed by atoms with Crippen LogP contribution in [0.15, 0.2) is 40.8 Å². The molecule has 0 unspecified atom stereocenters. The first kappa shape index (κ1) is 15.9. The molecule has 1 heterocycles. The van der Waals surface area contributed by atoms with Gasteiger partial charge in [-0.25, -0.2) is 13.8 Å². The number of rotatable bonds is 3. The zero-order valence-electron chi connectivity index (χ0n) is 12.5. The van der Waals surface area contributed by atoms with Gasteiger partial charge in [-0.1, -0.05) is 5.22 Å². The average Bonchev–Trinajstić information content (AvgIpc) is 2.93. The lowest BCUT2D eigenvalue weighted by atomic mass is 10.1. The molecule has 2 aromatic rings. The Morgan fingerprint density at radius 3 is 2.61 bits per heavy atom. The molecule has 120 valence electrons. The topological polar surface area (TPSA) is 43.2 Å². The van der Waals surface area contributed by atoms with Gasteiger partial charge >= 0.3 is 0 Å². The highest BCUT2D eigenvalue weighted by atomic mass is 127. The highest BCUT2D eigenvalue weighted by Crippen LogP contribution is 2.35. The van der Waals surface area contributed by atoms with Crippen molar-refractivity contribution in [2.75, 3.05) is 24.0 Å². The Bertz CT molecular complexity index is 781. The van der Waals surface area contributed by atoms with Gasteiger partial charge in [0.25, 0.3) is 0 Å². The van der Waals surface area contributed by atoms with E-state index < -0.39 is 11.6 Å². The molecule has 0 saturated carbocycles. The van der Waals surface area contributed by atoms with Gasteiger partial charge in [-0.2, -0.15) is 0 Å². The lowest BCUT2D eigenvalue weighted by Crippen LogP contribution is -2.22. The molecule has 1 aliphatic heterocycles. The monoisotopic (exact) mass is 429 g/mol. The number of halogens is 3. The molecule has 0 radical (unpaired) electrons. The predicted octanol–water partition coefficient (Wildman–Crippen LogP) is 4.61. The lowest BCUT2D eigenvalue weighted by Gasteiger charge is -2.20. The Morgan fingerprint density at radius 2 is 1.96 bits per heavy atom. The molecule has 0 saturated heterocycles. The molecule has 23 heavy (non-hydrogen) atoms. The normalized spacial score (nSPS) is 13.8. The summed E-state index contributed by atoms with van der Waals surface area (Å²) in [7, 11) is 1.75. The van der Waals surface area contributed by atoms with E-state index in [1.165, 1.54) is 11.1 Å². The van der Waals surface area contributed by atoms with Gasteiger partial charge in [0.15, 0.2) is 11.6 Å². The van der Waals surface area contributed by atoms with E-state index in [1.807, 2.05) is 25.1 Å². The molecule has 3 rings (SSSR count). The summed E-state index contributed by atoms with van der Waals surface area (Å²) < 4.78 is 29.1. The van der Waals surface area contributed by atoms with Crippen molar-refractivity contribution < 1.29 is 8.78 Å². The second-order valence-electron chi connectivity index (χ2n) is 5.22. The Morgan fingerprint density at radius 1 is 1.17 bits per heavy atom. The number of benzene rings is 2. The molecule has 0 aromatic heterocycles. The summed E-state index contributed by atoms with van der Waals surface area (Å²) in [4.78, 5) is 0. The Balaban J connectivity index is 2.03. The number of hydrogen-bond acceptors (Lipinski definition) is 5. The highest BCUT2D eigenvalue weighted by molar-refractivity contribution is 14.1. The SMILES string of the molecule is Cc1cc(I)ccc1Nc1c(N2CN(C)N=N2)ccc(F)c1F. The van der Waals surface area contributed by atoms with Gasteiger partial charge in [-0.15, -0.1) is 0 Å². The molecule has 0 fully saturated rings. The first-order valence-corrected chi connectivity index (χ1v) is 7.95. The van der Waals surface area contributed by atoms with Gasteiger partial charge in [-0.05, 0) is 70.6 Å². The van der Waals surface area contributed by atoms with Crippen LogP contribution in [0.1, 0.15) is 5.56 Å². The third kappa shape index (κ3) is 3.21. The summed E-state index contributed by atoms with van der Waals surface area (Å²) >= 11 is 2.20. The van der Waals surface area contributed by atoms with Gasteiger partial charge < -0.3 is 5.32 Å². The minimum Gasteiger partial charge on any atom is -0.351 e. The molecule has 1 N–H and O–H groups in total. The van der Waals surface area contributed by atoms with Crippen LogP contribution in [-0.4, -0.2) is 18.7 Å². The molecule has 2 aromatic carbocycles. The number of nitrogens with one attached hydrogen (secondary N) is 1. The van der Waals surface area contributed by atoms with Crippen molar-refractivity contribution >= 4 is 39.7 Å². The Kier molecular flexibility index (Phi) is 4.33. The van der Waals surface area contributed by atoms with E-state index in [-0.39, 0.29) is 5.69 Å². The van der Waals surface area contributed by atoms with Crippen LogP contribution in [0.2, 0.25) is 0 Å². The standard InChI is InChI=1S/C15H14F2IN5/c1-9-7-10(18)3-5-12(9)19-15-13(6-4-11(16)14(15)17)23-8-22(2)20-21-23/h3-7,19H,8H2,1-2H3. The van der Waals surface area contributed by atoms with Crippen molar-refractivity contribution in [3.05, 3.63) is 51.1 Å². The summed E-state index contributed by atoms with van der Waals surface area (Å²) in [6.45, 7) is 2.27. The molecule has 0 aliphatic carbocycles. The van der Waals surface area contributed by atoms with E-state index in [0.29, 0.717) is 18.0 Å². The summed E-state index contributed by atoms with van der Waals surface area (Å²) in [5.74, 6) is -1.85. The second-order valence-corrected chi connectivity index (χ2v) is 6.46. The van der Waals surface area contributed by atoms with Crippen molar-refractivity contribution in [1.29, 1.82) is 0 Å². The summed E-state index contributed by atoms with van der Waals surface area (Å²) in [5, 5.41) is 13.9. The highest BCUT2D eigenvalue weighted by Gasteiger charge is 2.22. The van der Waals surface area contributed by atoms with E-state index >= 15 is 0 Å². The first-order chi connectivity index (χ1) is 11.0. The second kappa shape index (κ2) is 6.26. The maximum absolute atomic E-state index is 14.4. The molecule has 5 nitrogen and oxygen atoms in total. The van der Waals surface area contributed by atoms with Gasteiger partial charge in [0.1, 0.15) is 12.4 Å². The van der Waals surface area contributed by atoms with Crippen molar-refractivity contribution in [3.8, 4) is 0 Å². The molecule has 0 bridgehead atoms. The van der Waals surface area contributed by atoms with Crippen LogP contribution in [0.25, 0.3) is 0 Å². The fraction of sp³-hybridized carbons (Fsp3) is 0.200. The quantitative estimate of drug-likeness (QED) is 0.725. The van der Waals surface area contributed by atoms with Crippen molar-refractivity contribution in [2.45, 2.75) is 6.92 Å². The predicted molar refractivity (Wildman–Crippen MR) is 93.5 cm³/mol. The molecular weight excluding hydrogens is 415 g/mol. The van der Waals surface area contributed by atoms with Crippen LogP contribution in [0.4, 0.5) is 25.8 Å². The van der Waals surface area contributed by atoms with Crippen molar-refractivity contribution in [1.82, 2.24) is 5.01 Å². The van der Waals surface area contributed by atoms with E-state index in [4.69, 9.17) is 0 Å². The van der Waals surface area contributed by atoms with Gasteiger partial charge in [0.2, 0.25) is 0 Å². The average molecular weight is 429 g/mol. The van der Waals surface area contributed by atoms with Crippen molar-refractivity contribution in [3.63, 3.8) is 0 Å². The zero-order chi connectivity index (χ0) is 16.6. The van der Waals surface area contributed by atoms with E-state index in [9.17, 15) is 8.78 Å². The van der Waals surface area contributed by atoms with Crippen LogP contribution in [0, 0.1) is 22.1 Å². The third-order valence-corrected chi connectivity index (χ3v) is 4.11. The van der Waals surface area contributed by atoms with Gasteiger partial charge in [-0.3, -0.25) is 5.01 Å². The number of anilines is 3. The summed E-state index contributed by atoms with van der Waals surface area (Å²) in [6.07, 6.45) is 0. The van der Waals surface area contributed by atoms with Crippen LogP contribution < -0.4 is 10.3 Å². The maximum atomic E-state index is 14.4. The molecule has 0 amide bonds. The van der Waals surface area contributed by atoms with Crippen LogP contribution >= 0.6 is 22.6 Å². The van der Waals surface area contributed by atoms with E-state index in [2.05, 4.69) is 38.4 Å². The fourth-order valence-electron chi connectivity index (χ4n) is 2.27. The first-order valence-electron chi connectivity index (χ1n) is 6.87. The molecule has 0 atom stereocenters. The van der Waals surface area contributed by atoms with Crippen LogP contribution in [0.5, 0.6) is 0 Å². The minimum atomic E-state index is -0.940. The largest absolute Gasteiger partial charge is 0.351 e. The molecular formula is C15H14F2IN5. The lowest BCUT2D eigenvalue weighted by molar-refractivity contribution is 0.390. The third-order valence-electron chi connectivity index (χ3n) is 3.44. The van der Waals surface area contributed by atoms with E-state index in [1.54, 1.807) is 12.1 Å². The number of aryl methyl sites for hydroxylation is 1. The van der Waals surface area contributed by atoms with Crippen LogP contribution in [0.3, 0.4) is 0 Å². The van der Waals surface area contributed by atoms with Gasteiger partial charge in [0.05, 0.1) is 5.69 Å². The zero-order valence-corrected chi connectivity index (χ0v) is 14.7. The van der Waals surface area contributed by atoms with Gasteiger partial charge in [0, 0.05) is 16.3 Å².